The maximum Gasteiger partial charge on any atom is 0.222 e. The molecule has 0 radical (unpaired) electrons. The molecule has 0 saturated heterocycles. The molecule has 0 aliphatic heterocycles. The van der Waals surface area contributed by atoms with E-state index in [1.807, 2.05) is 13.8 Å². The van der Waals surface area contributed by atoms with Crippen molar-refractivity contribution in [1.29, 1.82) is 0 Å². The number of carbonyl (C=O) groups is 1. The second-order valence-electron chi connectivity index (χ2n) is 6.52. The number of carbonyl (C=O) groups excluding carboxylic acids is 1. The van der Waals surface area contributed by atoms with Crippen LogP contribution < -0.4 is 11.1 Å². The van der Waals surface area contributed by atoms with Crippen LogP contribution in [0.15, 0.2) is 0 Å². The summed E-state index contributed by atoms with van der Waals surface area (Å²) < 4.78 is 0. The number of hydrogen-bond donors (Lipinski definition) is 2. The molecule has 0 saturated carbocycles. The number of hydrogen-bond acceptors (Lipinski definition) is 4. The minimum Gasteiger partial charge on any atom is -0.356 e. The van der Waals surface area contributed by atoms with Crippen molar-refractivity contribution in [2.24, 2.45) is 11.7 Å². The van der Waals surface area contributed by atoms with E-state index in [0.717, 1.165) is 58.7 Å². The molecule has 0 aliphatic rings. The van der Waals surface area contributed by atoms with E-state index in [2.05, 4.69) is 29.0 Å². The molecule has 138 valence electrons. The predicted octanol–water partition coefficient (Wildman–Crippen LogP) is 1.92. The zero-order valence-electron chi connectivity index (χ0n) is 15.9. The fourth-order valence-electron chi connectivity index (χ4n) is 2.56. The van der Waals surface area contributed by atoms with Crippen LogP contribution in [0.1, 0.15) is 53.4 Å². The van der Waals surface area contributed by atoms with Crippen molar-refractivity contribution in [2.45, 2.75) is 53.4 Å². The lowest BCUT2D eigenvalue weighted by atomic mass is 10.2. The lowest BCUT2D eigenvalue weighted by Crippen LogP contribution is -2.32. The van der Waals surface area contributed by atoms with Crippen LogP contribution >= 0.6 is 0 Å². The molecule has 5 heteroatoms. The molecule has 0 rings (SSSR count). The highest BCUT2D eigenvalue weighted by Gasteiger charge is 2.07. The van der Waals surface area contributed by atoms with Crippen molar-refractivity contribution in [3.8, 4) is 0 Å². The molecule has 0 fully saturated rings. The van der Waals surface area contributed by atoms with Gasteiger partial charge >= 0.3 is 0 Å². The van der Waals surface area contributed by atoms with Crippen LogP contribution in [0, 0.1) is 5.92 Å². The van der Waals surface area contributed by atoms with Gasteiger partial charge in [0.05, 0.1) is 0 Å². The van der Waals surface area contributed by atoms with Gasteiger partial charge in [-0.15, -0.1) is 0 Å². The number of rotatable bonds is 15. The van der Waals surface area contributed by atoms with Crippen LogP contribution in [0.2, 0.25) is 0 Å². The fraction of sp³-hybridized carbons (Fsp3) is 0.944. The number of amides is 1. The Kier molecular flexibility index (Phi) is 14.5. The third-order valence-electron chi connectivity index (χ3n) is 4.25. The summed E-state index contributed by atoms with van der Waals surface area (Å²) in [6.07, 6.45) is 4.62. The van der Waals surface area contributed by atoms with Gasteiger partial charge in [-0.05, 0) is 71.5 Å². The number of nitrogens with two attached hydrogens (primary N) is 1. The van der Waals surface area contributed by atoms with Gasteiger partial charge in [0.1, 0.15) is 0 Å². The first-order valence-corrected chi connectivity index (χ1v) is 9.47. The van der Waals surface area contributed by atoms with Gasteiger partial charge < -0.3 is 20.9 Å². The van der Waals surface area contributed by atoms with Crippen molar-refractivity contribution in [2.75, 3.05) is 52.4 Å². The molecule has 0 unspecified atom stereocenters. The normalized spacial score (nSPS) is 11.7. The van der Waals surface area contributed by atoms with Gasteiger partial charge in [-0.1, -0.05) is 27.7 Å². The number of nitrogens with zero attached hydrogens (tertiary/aromatic N) is 2. The maximum atomic E-state index is 11.5. The Bertz CT molecular complexity index is 284. The molecule has 0 aromatic heterocycles. The molecule has 0 spiro atoms. The van der Waals surface area contributed by atoms with Crippen molar-refractivity contribution in [1.82, 2.24) is 15.1 Å². The van der Waals surface area contributed by atoms with Crippen molar-refractivity contribution in [3.63, 3.8) is 0 Å². The van der Waals surface area contributed by atoms with Gasteiger partial charge in [0.25, 0.3) is 0 Å². The molecule has 0 aliphatic carbocycles. The Morgan fingerprint density at radius 1 is 0.913 bits per heavy atom. The molecule has 3 N–H and O–H groups in total. The van der Waals surface area contributed by atoms with Gasteiger partial charge in [-0.25, -0.2) is 0 Å². The quantitative estimate of drug-likeness (QED) is 0.451. The fourth-order valence-corrected chi connectivity index (χ4v) is 2.56. The molecule has 23 heavy (non-hydrogen) atoms. The monoisotopic (exact) mass is 328 g/mol. The van der Waals surface area contributed by atoms with Crippen molar-refractivity contribution < 1.29 is 4.79 Å². The van der Waals surface area contributed by atoms with E-state index >= 15 is 0 Å². The first-order chi connectivity index (χ1) is 11.0. The lowest BCUT2D eigenvalue weighted by Gasteiger charge is -2.23. The smallest absolute Gasteiger partial charge is 0.222 e. The van der Waals surface area contributed by atoms with Crippen molar-refractivity contribution in [3.05, 3.63) is 0 Å². The summed E-state index contributed by atoms with van der Waals surface area (Å²) in [6, 6.07) is 0. The Balaban J connectivity index is 3.70. The molecule has 0 atom stereocenters. The van der Waals surface area contributed by atoms with Crippen LogP contribution in [0.4, 0.5) is 0 Å². The number of nitrogens with one attached hydrogen (secondary N) is 1. The van der Waals surface area contributed by atoms with Crippen LogP contribution in [0.3, 0.4) is 0 Å². The molecular weight excluding hydrogens is 288 g/mol. The molecule has 5 nitrogen and oxygen atoms in total. The van der Waals surface area contributed by atoms with Crippen LogP contribution in [-0.2, 0) is 4.79 Å². The molecule has 0 aromatic rings. The highest BCUT2D eigenvalue weighted by atomic mass is 16.1. The Morgan fingerprint density at radius 2 is 1.39 bits per heavy atom. The Hall–Kier alpha value is -0.650. The zero-order valence-corrected chi connectivity index (χ0v) is 15.9. The third-order valence-corrected chi connectivity index (χ3v) is 4.25. The Labute approximate surface area is 144 Å². The molecule has 1 amide bonds. The molecule has 0 heterocycles. The minimum atomic E-state index is 0.0815. The molecular formula is C18H40N4O. The topological polar surface area (TPSA) is 61.6 Å². The van der Waals surface area contributed by atoms with Gasteiger partial charge in [0.2, 0.25) is 5.91 Å². The first-order valence-electron chi connectivity index (χ1n) is 9.47. The van der Waals surface area contributed by atoms with Crippen LogP contribution in [0.25, 0.3) is 0 Å². The van der Waals surface area contributed by atoms with Crippen LogP contribution in [0.5, 0.6) is 0 Å². The highest BCUT2D eigenvalue weighted by molar-refractivity contribution is 5.77. The summed E-state index contributed by atoms with van der Waals surface area (Å²) in [5.74, 6) is 0.239. The Morgan fingerprint density at radius 3 is 1.83 bits per heavy atom. The SMILES string of the molecule is CCN(CCCN)CCCCN(CC)CCCNC(=O)C(C)C. The van der Waals surface area contributed by atoms with E-state index in [9.17, 15) is 4.79 Å². The first kappa shape index (κ1) is 22.4. The lowest BCUT2D eigenvalue weighted by molar-refractivity contribution is -0.123. The summed E-state index contributed by atoms with van der Waals surface area (Å²) in [6.45, 7) is 16.6. The minimum absolute atomic E-state index is 0.0815. The summed E-state index contributed by atoms with van der Waals surface area (Å²) in [4.78, 5) is 16.5. The second kappa shape index (κ2) is 14.9. The summed E-state index contributed by atoms with van der Waals surface area (Å²) >= 11 is 0. The summed E-state index contributed by atoms with van der Waals surface area (Å²) in [5.41, 5.74) is 5.58. The van der Waals surface area contributed by atoms with E-state index in [1.165, 1.54) is 19.4 Å². The molecule has 0 aromatic carbocycles. The van der Waals surface area contributed by atoms with E-state index in [0.29, 0.717) is 0 Å². The second-order valence-corrected chi connectivity index (χ2v) is 6.52. The third kappa shape index (κ3) is 12.4. The summed E-state index contributed by atoms with van der Waals surface area (Å²) in [7, 11) is 0. The van der Waals surface area contributed by atoms with E-state index in [1.54, 1.807) is 0 Å². The standard InChI is InChI=1S/C18H40N4O/c1-5-21(15-9-11-19)13-7-8-14-22(6-2)16-10-12-20-18(23)17(3)4/h17H,5-16,19H2,1-4H3,(H,20,23). The van der Waals surface area contributed by atoms with Gasteiger partial charge in [-0.3, -0.25) is 4.79 Å². The van der Waals surface area contributed by atoms with Gasteiger partial charge in [0, 0.05) is 12.5 Å². The van der Waals surface area contributed by atoms with Crippen molar-refractivity contribution >= 4 is 5.91 Å². The highest BCUT2D eigenvalue weighted by Crippen LogP contribution is 2.00. The zero-order chi connectivity index (χ0) is 17.5. The average Bonchev–Trinajstić information content (AvgIpc) is 2.55. The average molecular weight is 329 g/mol. The predicted molar refractivity (Wildman–Crippen MR) is 99.6 cm³/mol. The largest absolute Gasteiger partial charge is 0.356 e. The molecule has 0 bridgehead atoms. The van der Waals surface area contributed by atoms with Gasteiger partial charge in [-0.2, -0.15) is 0 Å². The van der Waals surface area contributed by atoms with E-state index in [-0.39, 0.29) is 11.8 Å². The van der Waals surface area contributed by atoms with E-state index in [4.69, 9.17) is 5.73 Å². The maximum absolute atomic E-state index is 11.5. The van der Waals surface area contributed by atoms with E-state index < -0.39 is 0 Å². The summed E-state index contributed by atoms with van der Waals surface area (Å²) in [5, 5.41) is 2.99. The number of unbranched alkanes of at least 4 members (excludes halogenated alkanes) is 1. The van der Waals surface area contributed by atoms with Gasteiger partial charge in [0.15, 0.2) is 0 Å². The van der Waals surface area contributed by atoms with Crippen LogP contribution in [-0.4, -0.2) is 68.1 Å².